The molecule has 2 aliphatic rings. The predicted octanol–water partition coefficient (Wildman–Crippen LogP) is 3.26. The minimum absolute atomic E-state index is 0.123. The first-order chi connectivity index (χ1) is 16.0. The largest absolute Gasteiger partial charge is 0.369 e. The number of anilines is 3. The maximum atomic E-state index is 11.6. The van der Waals surface area contributed by atoms with E-state index in [1.165, 1.54) is 0 Å². The van der Waals surface area contributed by atoms with E-state index in [4.69, 9.17) is 20.2 Å². The van der Waals surface area contributed by atoms with Gasteiger partial charge in [-0.05, 0) is 44.0 Å². The minimum atomic E-state index is -0.754. The monoisotopic (exact) mass is 466 g/mol. The fourth-order valence-electron chi connectivity index (χ4n) is 4.15. The molecule has 33 heavy (non-hydrogen) atoms. The average Bonchev–Trinajstić information content (AvgIpc) is 3.50. The first-order valence-corrected chi connectivity index (χ1v) is 11.8. The van der Waals surface area contributed by atoms with Crippen molar-refractivity contribution < 1.29 is 14.3 Å². The van der Waals surface area contributed by atoms with Gasteiger partial charge >= 0.3 is 0 Å². The zero-order valence-electron chi connectivity index (χ0n) is 18.4. The van der Waals surface area contributed by atoms with E-state index in [2.05, 4.69) is 20.2 Å². The quantitative estimate of drug-likeness (QED) is 0.569. The summed E-state index contributed by atoms with van der Waals surface area (Å²) in [6.45, 7) is 4.55. The van der Waals surface area contributed by atoms with Gasteiger partial charge in [-0.3, -0.25) is 4.79 Å². The van der Waals surface area contributed by atoms with Crippen LogP contribution in [0.3, 0.4) is 0 Å². The molecule has 10 heteroatoms. The lowest BCUT2D eigenvalue weighted by atomic mass is 9.98. The van der Waals surface area contributed by atoms with Gasteiger partial charge in [-0.1, -0.05) is 17.4 Å². The van der Waals surface area contributed by atoms with Crippen molar-refractivity contribution in [2.75, 3.05) is 36.5 Å². The number of amides is 1. The van der Waals surface area contributed by atoms with Gasteiger partial charge in [0.15, 0.2) is 10.9 Å². The number of nitrogens with one attached hydrogen (secondary N) is 1. The molecule has 0 bridgehead atoms. The van der Waals surface area contributed by atoms with Crippen LogP contribution >= 0.6 is 11.3 Å². The van der Waals surface area contributed by atoms with Gasteiger partial charge in [-0.15, -0.1) is 0 Å². The van der Waals surface area contributed by atoms with E-state index >= 15 is 0 Å². The van der Waals surface area contributed by atoms with Gasteiger partial charge in [0.1, 0.15) is 11.6 Å². The highest BCUT2D eigenvalue weighted by Gasteiger charge is 2.33. The molecule has 1 amide bonds. The Hall–Kier alpha value is -3.08. The molecular weight excluding hydrogens is 440 g/mol. The van der Waals surface area contributed by atoms with Crippen LogP contribution in [0.5, 0.6) is 0 Å². The van der Waals surface area contributed by atoms with Crippen molar-refractivity contribution in [3.8, 4) is 10.6 Å². The SMILES string of the molecule is CC1(c2ccnc(Nc3cccc(-c4cnc(N5CCCC(C(N)=O)C5)s4)n3)c2)OCCO1. The van der Waals surface area contributed by atoms with Crippen molar-refractivity contribution >= 4 is 34.0 Å². The fourth-order valence-corrected chi connectivity index (χ4v) is 5.07. The number of nitrogens with two attached hydrogens (primary N) is 1. The summed E-state index contributed by atoms with van der Waals surface area (Å²) in [4.78, 5) is 28.4. The van der Waals surface area contributed by atoms with Gasteiger partial charge in [0.05, 0.1) is 29.7 Å². The number of carbonyl (C=O) groups is 1. The zero-order valence-corrected chi connectivity index (χ0v) is 19.2. The van der Waals surface area contributed by atoms with E-state index in [9.17, 15) is 4.79 Å². The lowest BCUT2D eigenvalue weighted by Crippen LogP contribution is -2.41. The molecule has 1 unspecified atom stereocenters. The third-order valence-electron chi connectivity index (χ3n) is 5.97. The summed E-state index contributed by atoms with van der Waals surface area (Å²) in [6, 6.07) is 9.60. The molecule has 3 N–H and O–H groups in total. The van der Waals surface area contributed by atoms with Gasteiger partial charge in [-0.25, -0.2) is 15.0 Å². The van der Waals surface area contributed by atoms with Crippen molar-refractivity contribution in [1.82, 2.24) is 15.0 Å². The Morgan fingerprint density at radius 2 is 2.09 bits per heavy atom. The molecule has 5 rings (SSSR count). The number of aromatic nitrogens is 3. The van der Waals surface area contributed by atoms with Gasteiger partial charge in [0.25, 0.3) is 0 Å². The van der Waals surface area contributed by atoms with E-state index in [1.807, 2.05) is 43.5 Å². The smallest absolute Gasteiger partial charge is 0.222 e. The summed E-state index contributed by atoms with van der Waals surface area (Å²) in [7, 11) is 0. The van der Waals surface area contributed by atoms with E-state index in [0.717, 1.165) is 40.7 Å². The van der Waals surface area contributed by atoms with E-state index in [1.54, 1.807) is 17.5 Å². The van der Waals surface area contributed by atoms with Crippen LogP contribution in [0.2, 0.25) is 0 Å². The zero-order chi connectivity index (χ0) is 22.8. The van der Waals surface area contributed by atoms with Crippen molar-refractivity contribution in [3.05, 3.63) is 48.3 Å². The highest BCUT2D eigenvalue weighted by Crippen LogP contribution is 2.34. The van der Waals surface area contributed by atoms with Crippen molar-refractivity contribution in [3.63, 3.8) is 0 Å². The molecule has 0 saturated carbocycles. The molecule has 0 aliphatic carbocycles. The van der Waals surface area contributed by atoms with Crippen LogP contribution in [-0.4, -0.2) is 47.2 Å². The van der Waals surface area contributed by atoms with Crippen molar-refractivity contribution in [2.45, 2.75) is 25.6 Å². The summed E-state index contributed by atoms with van der Waals surface area (Å²) in [5, 5.41) is 4.16. The Labute approximate surface area is 196 Å². The number of piperidine rings is 1. The molecule has 2 fully saturated rings. The summed E-state index contributed by atoms with van der Waals surface area (Å²) < 4.78 is 11.5. The fraction of sp³-hybridized carbons (Fsp3) is 0.391. The molecule has 172 valence electrons. The molecule has 2 saturated heterocycles. The number of primary amides is 1. The number of hydrogen-bond donors (Lipinski definition) is 2. The summed E-state index contributed by atoms with van der Waals surface area (Å²) in [6.07, 6.45) is 5.33. The first kappa shape index (κ1) is 21.7. The Morgan fingerprint density at radius 1 is 1.24 bits per heavy atom. The lowest BCUT2D eigenvalue weighted by Gasteiger charge is -2.30. The highest BCUT2D eigenvalue weighted by atomic mass is 32.1. The molecule has 0 aromatic carbocycles. The Morgan fingerprint density at radius 3 is 2.91 bits per heavy atom. The molecule has 2 aliphatic heterocycles. The van der Waals surface area contributed by atoms with E-state index < -0.39 is 5.79 Å². The number of pyridine rings is 2. The minimum Gasteiger partial charge on any atom is -0.369 e. The molecular formula is C23H26N6O3S. The number of ether oxygens (including phenoxy) is 2. The van der Waals surface area contributed by atoms with Crippen LogP contribution in [0.4, 0.5) is 16.8 Å². The lowest BCUT2D eigenvalue weighted by molar-refractivity contribution is -0.149. The van der Waals surface area contributed by atoms with E-state index in [-0.39, 0.29) is 11.8 Å². The second kappa shape index (κ2) is 9.05. The third kappa shape index (κ3) is 4.68. The topological polar surface area (TPSA) is 115 Å². The van der Waals surface area contributed by atoms with Crippen LogP contribution in [-0.2, 0) is 20.1 Å². The van der Waals surface area contributed by atoms with Crippen LogP contribution in [0.25, 0.3) is 10.6 Å². The Bertz CT molecular complexity index is 1150. The molecule has 3 aromatic rings. The van der Waals surface area contributed by atoms with Crippen LogP contribution in [0.15, 0.2) is 42.7 Å². The second-order valence-corrected chi connectivity index (χ2v) is 9.31. The Balaban J connectivity index is 1.32. The summed E-state index contributed by atoms with van der Waals surface area (Å²) >= 11 is 1.56. The maximum absolute atomic E-state index is 11.6. The van der Waals surface area contributed by atoms with Gasteiger partial charge in [-0.2, -0.15) is 0 Å². The summed E-state index contributed by atoms with van der Waals surface area (Å²) in [5.41, 5.74) is 7.23. The number of thiazole rings is 1. The first-order valence-electron chi connectivity index (χ1n) is 11.0. The van der Waals surface area contributed by atoms with Crippen molar-refractivity contribution in [2.24, 2.45) is 11.7 Å². The van der Waals surface area contributed by atoms with E-state index in [0.29, 0.717) is 31.4 Å². The number of rotatable bonds is 6. The van der Waals surface area contributed by atoms with Crippen LogP contribution < -0.4 is 16.0 Å². The van der Waals surface area contributed by atoms with Crippen molar-refractivity contribution in [1.29, 1.82) is 0 Å². The number of carbonyl (C=O) groups excluding carboxylic acids is 1. The third-order valence-corrected chi connectivity index (χ3v) is 7.05. The second-order valence-electron chi connectivity index (χ2n) is 8.30. The number of nitrogens with zero attached hydrogens (tertiary/aromatic N) is 4. The molecule has 5 heterocycles. The average molecular weight is 467 g/mol. The van der Waals surface area contributed by atoms with Gasteiger partial charge in [0, 0.05) is 31.0 Å². The van der Waals surface area contributed by atoms with Crippen LogP contribution in [0.1, 0.15) is 25.3 Å². The molecule has 1 atom stereocenters. The number of hydrogen-bond acceptors (Lipinski definition) is 9. The molecule has 0 spiro atoms. The molecule has 3 aromatic heterocycles. The molecule has 9 nitrogen and oxygen atoms in total. The predicted molar refractivity (Wildman–Crippen MR) is 126 cm³/mol. The molecule has 0 radical (unpaired) electrons. The standard InChI is InChI=1S/C23H26N6O3S/c1-23(31-10-11-32-23)16-7-8-25-20(12-16)28-19-6-2-5-17(27-19)18-13-26-22(33-18)29-9-3-4-15(14-29)21(24)30/h2,5-8,12-13,15H,3-4,9-11,14H2,1H3,(H2,24,30)(H,25,27,28). The Kier molecular flexibility index (Phi) is 5.96. The van der Waals surface area contributed by atoms with Crippen LogP contribution in [0, 0.1) is 5.92 Å². The normalized spacial score (nSPS) is 20.0. The highest BCUT2D eigenvalue weighted by molar-refractivity contribution is 7.18. The van der Waals surface area contributed by atoms with Gasteiger partial charge in [0.2, 0.25) is 5.91 Å². The maximum Gasteiger partial charge on any atom is 0.222 e. The van der Waals surface area contributed by atoms with Gasteiger partial charge < -0.3 is 25.4 Å². The summed E-state index contributed by atoms with van der Waals surface area (Å²) in [5.74, 6) is 0.220.